The van der Waals surface area contributed by atoms with Crippen molar-refractivity contribution in [3.05, 3.63) is 34.9 Å². The third-order valence-electron chi connectivity index (χ3n) is 4.39. The van der Waals surface area contributed by atoms with Gasteiger partial charge in [-0.05, 0) is 67.7 Å². The molecule has 2 rings (SSSR count). The molecule has 1 unspecified atom stereocenters. The summed E-state index contributed by atoms with van der Waals surface area (Å²) in [5, 5.41) is 3.42. The number of hydrogen-bond acceptors (Lipinski definition) is 2. The SMILES string of the molecule is COCCNCCC(C)CCc1ccc2c(c1)CCC2. The van der Waals surface area contributed by atoms with Crippen LogP contribution in [0, 0.1) is 5.92 Å². The van der Waals surface area contributed by atoms with E-state index >= 15 is 0 Å². The number of nitrogens with one attached hydrogen (secondary N) is 1. The molecule has 0 amide bonds. The van der Waals surface area contributed by atoms with Crippen LogP contribution in [0.25, 0.3) is 0 Å². The zero-order chi connectivity index (χ0) is 14.2. The van der Waals surface area contributed by atoms with Gasteiger partial charge >= 0.3 is 0 Å². The van der Waals surface area contributed by atoms with E-state index in [1.165, 1.54) is 44.1 Å². The Bertz CT molecular complexity index is 402. The van der Waals surface area contributed by atoms with E-state index in [1.54, 1.807) is 18.2 Å². The zero-order valence-electron chi connectivity index (χ0n) is 13.1. The van der Waals surface area contributed by atoms with E-state index in [2.05, 4.69) is 30.4 Å². The minimum atomic E-state index is 0.790. The summed E-state index contributed by atoms with van der Waals surface area (Å²) in [5.41, 5.74) is 4.73. The van der Waals surface area contributed by atoms with Crippen molar-refractivity contribution in [1.82, 2.24) is 5.32 Å². The summed E-state index contributed by atoms with van der Waals surface area (Å²) < 4.78 is 5.03. The Morgan fingerprint density at radius 3 is 2.85 bits per heavy atom. The van der Waals surface area contributed by atoms with Crippen molar-refractivity contribution in [2.75, 3.05) is 26.8 Å². The predicted octanol–water partition coefficient (Wildman–Crippen LogP) is 3.37. The number of fused-ring (bicyclic) bond motifs is 1. The first-order valence-corrected chi connectivity index (χ1v) is 8.10. The lowest BCUT2D eigenvalue weighted by molar-refractivity contribution is 0.199. The van der Waals surface area contributed by atoms with Crippen LogP contribution < -0.4 is 5.32 Å². The van der Waals surface area contributed by atoms with Crippen LogP contribution in [0.4, 0.5) is 0 Å². The smallest absolute Gasteiger partial charge is 0.0587 e. The molecular formula is C18H29NO. The molecule has 1 aromatic carbocycles. The maximum absolute atomic E-state index is 5.03. The normalized spacial score (nSPS) is 15.3. The fraction of sp³-hybridized carbons (Fsp3) is 0.667. The highest BCUT2D eigenvalue weighted by atomic mass is 16.5. The first-order valence-electron chi connectivity index (χ1n) is 8.10. The van der Waals surface area contributed by atoms with Crippen molar-refractivity contribution in [2.24, 2.45) is 5.92 Å². The molecule has 0 aliphatic heterocycles. The summed E-state index contributed by atoms with van der Waals surface area (Å²) in [6.07, 6.45) is 7.72. The van der Waals surface area contributed by atoms with Gasteiger partial charge < -0.3 is 10.1 Å². The Hall–Kier alpha value is -0.860. The molecule has 1 aliphatic carbocycles. The lowest BCUT2D eigenvalue weighted by Crippen LogP contribution is -2.21. The Kier molecular flexibility index (Phi) is 6.55. The van der Waals surface area contributed by atoms with Gasteiger partial charge in [0.05, 0.1) is 6.61 Å². The van der Waals surface area contributed by atoms with Crippen molar-refractivity contribution < 1.29 is 4.74 Å². The summed E-state index contributed by atoms with van der Waals surface area (Å²) in [6, 6.07) is 7.15. The number of rotatable bonds is 9. The fourth-order valence-corrected chi connectivity index (χ4v) is 2.99. The first kappa shape index (κ1) is 15.5. The summed E-state index contributed by atoms with van der Waals surface area (Å²) in [5.74, 6) is 0.790. The van der Waals surface area contributed by atoms with Crippen LogP contribution in [0.3, 0.4) is 0 Å². The second kappa shape index (κ2) is 8.43. The maximum atomic E-state index is 5.03. The lowest BCUT2D eigenvalue weighted by atomic mass is 9.96. The van der Waals surface area contributed by atoms with Crippen LogP contribution in [0.15, 0.2) is 18.2 Å². The topological polar surface area (TPSA) is 21.3 Å². The molecule has 1 atom stereocenters. The van der Waals surface area contributed by atoms with Gasteiger partial charge in [-0.25, -0.2) is 0 Å². The molecule has 0 aromatic heterocycles. The average molecular weight is 275 g/mol. The number of hydrogen-bond donors (Lipinski definition) is 1. The first-order chi connectivity index (χ1) is 9.79. The molecule has 0 saturated heterocycles. The molecule has 2 heteroatoms. The quantitative estimate of drug-likeness (QED) is 0.698. The Morgan fingerprint density at radius 1 is 1.15 bits per heavy atom. The van der Waals surface area contributed by atoms with Crippen LogP contribution in [-0.4, -0.2) is 26.8 Å². The van der Waals surface area contributed by atoms with Crippen molar-refractivity contribution >= 4 is 0 Å². The maximum Gasteiger partial charge on any atom is 0.0587 e. The summed E-state index contributed by atoms with van der Waals surface area (Å²) in [4.78, 5) is 0. The van der Waals surface area contributed by atoms with Gasteiger partial charge in [0.2, 0.25) is 0 Å². The van der Waals surface area contributed by atoms with Gasteiger partial charge in [0.1, 0.15) is 0 Å². The van der Waals surface area contributed by atoms with Crippen molar-refractivity contribution in [3.8, 4) is 0 Å². The highest BCUT2D eigenvalue weighted by Gasteiger charge is 2.11. The van der Waals surface area contributed by atoms with E-state index in [4.69, 9.17) is 4.74 Å². The molecule has 0 heterocycles. The van der Waals surface area contributed by atoms with Crippen LogP contribution >= 0.6 is 0 Å². The van der Waals surface area contributed by atoms with Gasteiger partial charge in [-0.15, -0.1) is 0 Å². The fourth-order valence-electron chi connectivity index (χ4n) is 2.99. The summed E-state index contributed by atoms with van der Waals surface area (Å²) in [7, 11) is 1.75. The minimum absolute atomic E-state index is 0.790. The molecule has 0 radical (unpaired) electrons. The Labute approximate surface area is 123 Å². The lowest BCUT2D eigenvalue weighted by Gasteiger charge is -2.12. The summed E-state index contributed by atoms with van der Waals surface area (Å²) >= 11 is 0. The number of methoxy groups -OCH3 is 1. The van der Waals surface area contributed by atoms with Gasteiger partial charge in [-0.2, -0.15) is 0 Å². The highest BCUT2D eigenvalue weighted by Crippen LogP contribution is 2.24. The minimum Gasteiger partial charge on any atom is -0.383 e. The molecule has 2 nitrogen and oxygen atoms in total. The van der Waals surface area contributed by atoms with Crippen LogP contribution in [0.2, 0.25) is 0 Å². The van der Waals surface area contributed by atoms with E-state index in [1.807, 2.05) is 0 Å². The molecular weight excluding hydrogens is 246 g/mol. The molecule has 1 aromatic rings. The van der Waals surface area contributed by atoms with Gasteiger partial charge in [-0.3, -0.25) is 0 Å². The van der Waals surface area contributed by atoms with E-state index in [-0.39, 0.29) is 0 Å². The molecule has 112 valence electrons. The van der Waals surface area contributed by atoms with Gasteiger partial charge in [0, 0.05) is 13.7 Å². The third kappa shape index (κ3) is 4.92. The summed E-state index contributed by atoms with van der Waals surface area (Å²) in [6.45, 7) is 5.25. The number of aryl methyl sites for hydroxylation is 3. The second-order valence-corrected chi connectivity index (χ2v) is 6.13. The molecule has 0 spiro atoms. The largest absolute Gasteiger partial charge is 0.383 e. The molecule has 1 N–H and O–H groups in total. The van der Waals surface area contributed by atoms with Crippen LogP contribution in [0.5, 0.6) is 0 Å². The molecule has 0 saturated carbocycles. The zero-order valence-corrected chi connectivity index (χ0v) is 13.1. The van der Waals surface area contributed by atoms with E-state index in [0.717, 1.165) is 25.6 Å². The van der Waals surface area contributed by atoms with Crippen molar-refractivity contribution in [2.45, 2.75) is 45.4 Å². The van der Waals surface area contributed by atoms with Gasteiger partial charge in [-0.1, -0.05) is 25.1 Å². The molecule has 1 aliphatic rings. The van der Waals surface area contributed by atoms with Crippen molar-refractivity contribution in [3.63, 3.8) is 0 Å². The van der Waals surface area contributed by atoms with E-state index < -0.39 is 0 Å². The third-order valence-corrected chi connectivity index (χ3v) is 4.39. The Balaban J connectivity index is 1.64. The monoisotopic (exact) mass is 275 g/mol. The standard InChI is InChI=1S/C18H29NO/c1-15(10-11-19-12-13-20-2)6-7-16-8-9-17-4-3-5-18(17)14-16/h8-9,14-15,19H,3-7,10-13H2,1-2H3. The van der Waals surface area contributed by atoms with Crippen LogP contribution in [0.1, 0.15) is 42.9 Å². The van der Waals surface area contributed by atoms with Crippen molar-refractivity contribution in [1.29, 1.82) is 0 Å². The van der Waals surface area contributed by atoms with Gasteiger partial charge in [0.15, 0.2) is 0 Å². The number of ether oxygens (including phenoxy) is 1. The predicted molar refractivity (Wildman–Crippen MR) is 85.3 cm³/mol. The van der Waals surface area contributed by atoms with E-state index in [0.29, 0.717) is 0 Å². The second-order valence-electron chi connectivity index (χ2n) is 6.13. The van der Waals surface area contributed by atoms with Gasteiger partial charge in [0.25, 0.3) is 0 Å². The van der Waals surface area contributed by atoms with E-state index in [9.17, 15) is 0 Å². The molecule has 0 fully saturated rings. The Morgan fingerprint density at radius 2 is 2.00 bits per heavy atom. The number of benzene rings is 1. The molecule has 20 heavy (non-hydrogen) atoms. The highest BCUT2D eigenvalue weighted by molar-refractivity contribution is 5.35. The molecule has 0 bridgehead atoms. The van der Waals surface area contributed by atoms with Crippen LogP contribution in [-0.2, 0) is 24.0 Å². The average Bonchev–Trinajstić information content (AvgIpc) is 2.92.